The summed E-state index contributed by atoms with van der Waals surface area (Å²) in [5.74, 6) is -0.294. The second-order valence-corrected chi connectivity index (χ2v) is 6.93. The van der Waals surface area contributed by atoms with Crippen LogP contribution in [0, 0.1) is 6.92 Å². The number of nitrogens with zero attached hydrogens (tertiary/aromatic N) is 3. The number of nitrogens with one attached hydrogen (secondary N) is 1. The Labute approximate surface area is 168 Å². The lowest BCUT2D eigenvalue weighted by atomic mass is 10.1. The van der Waals surface area contributed by atoms with E-state index in [-0.39, 0.29) is 5.91 Å². The number of anilines is 1. The summed E-state index contributed by atoms with van der Waals surface area (Å²) in [6.45, 7) is 4.00. The van der Waals surface area contributed by atoms with E-state index in [1.807, 2.05) is 68.4 Å². The highest BCUT2D eigenvalue weighted by Crippen LogP contribution is 2.31. The van der Waals surface area contributed by atoms with E-state index >= 15 is 0 Å². The number of benzene rings is 2. The average molecular weight is 391 g/mol. The fourth-order valence-corrected chi connectivity index (χ4v) is 3.43. The minimum absolute atomic E-state index is 0.294. The Morgan fingerprint density at radius 3 is 2.50 bits per heavy atom. The lowest BCUT2D eigenvalue weighted by Crippen LogP contribution is -2.13. The van der Waals surface area contributed by atoms with Gasteiger partial charge in [0.1, 0.15) is 0 Å². The largest absolute Gasteiger partial charge is 0.322 e. The van der Waals surface area contributed by atoms with Crippen molar-refractivity contribution >= 4 is 34.2 Å². The molecule has 1 amide bonds. The molecule has 0 spiro atoms. The van der Waals surface area contributed by atoms with Crippen molar-refractivity contribution in [2.75, 3.05) is 5.32 Å². The molecule has 2 aromatic heterocycles. The second-order valence-electron chi connectivity index (χ2n) is 6.55. The lowest BCUT2D eigenvalue weighted by Gasteiger charge is -2.08. The number of aryl methyl sites for hydroxylation is 2. The van der Waals surface area contributed by atoms with E-state index in [9.17, 15) is 4.79 Å². The number of pyridine rings is 1. The molecule has 6 heteroatoms. The summed E-state index contributed by atoms with van der Waals surface area (Å²) in [4.78, 5) is 17.3. The zero-order valence-electron chi connectivity index (χ0n) is 15.6. The molecule has 2 aromatic carbocycles. The summed E-state index contributed by atoms with van der Waals surface area (Å²) < 4.78 is 1.77. The van der Waals surface area contributed by atoms with Gasteiger partial charge in [-0.3, -0.25) is 4.79 Å². The van der Waals surface area contributed by atoms with Gasteiger partial charge in [-0.05, 0) is 37.6 Å². The molecule has 4 rings (SSSR count). The Bertz CT molecular complexity index is 1150. The first-order valence-corrected chi connectivity index (χ1v) is 9.46. The molecule has 0 saturated heterocycles. The van der Waals surface area contributed by atoms with Gasteiger partial charge in [-0.1, -0.05) is 54.4 Å². The third-order valence-corrected chi connectivity index (χ3v) is 4.99. The first-order valence-electron chi connectivity index (χ1n) is 9.08. The molecular formula is C22H19ClN4O. The number of aromatic nitrogens is 3. The summed E-state index contributed by atoms with van der Waals surface area (Å²) >= 11 is 6.66. The van der Waals surface area contributed by atoms with Gasteiger partial charge in [0.25, 0.3) is 5.91 Å². The van der Waals surface area contributed by atoms with Crippen LogP contribution in [-0.2, 0) is 6.42 Å². The Kier molecular flexibility index (Phi) is 4.84. The van der Waals surface area contributed by atoms with Crippen molar-refractivity contribution in [3.63, 3.8) is 0 Å². The number of hydrogen-bond acceptors (Lipinski definition) is 3. The minimum Gasteiger partial charge on any atom is -0.322 e. The van der Waals surface area contributed by atoms with Crippen molar-refractivity contribution in [1.82, 2.24) is 14.8 Å². The standard InChI is InChI=1S/C22H19ClN4O/c1-3-18-19-20(23)17(22(28)25-15-11-9-14(2)10-12-15)13-24-21(19)27(26-18)16-7-5-4-6-8-16/h4-13H,3H2,1-2H3,(H,25,28). The van der Waals surface area contributed by atoms with E-state index < -0.39 is 0 Å². The number of amides is 1. The molecule has 0 unspecified atom stereocenters. The van der Waals surface area contributed by atoms with Crippen LogP contribution in [0.4, 0.5) is 5.69 Å². The topological polar surface area (TPSA) is 59.8 Å². The summed E-state index contributed by atoms with van der Waals surface area (Å²) in [6, 6.07) is 17.4. The molecule has 4 aromatic rings. The van der Waals surface area contributed by atoms with Crippen LogP contribution < -0.4 is 5.32 Å². The number of rotatable bonds is 4. The van der Waals surface area contributed by atoms with Crippen LogP contribution in [0.15, 0.2) is 60.8 Å². The van der Waals surface area contributed by atoms with Crippen LogP contribution in [0.3, 0.4) is 0 Å². The van der Waals surface area contributed by atoms with E-state index in [1.54, 1.807) is 4.68 Å². The third-order valence-electron chi connectivity index (χ3n) is 4.60. The molecule has 0 bridgehead atoms. The highest BCUT2D eigenvalue weighted by Gasteiger charge is 2.21. The van der Waals surface area contributed by atoms with Gasteiger partial charge >= 0.3 is 0 Å². The van der Waals surface area contributed by atoms with E-state index in [1.165, 1.54) is 6.20 Å². The SMILES string of the molecule is CCc1nn(-c2ccccc2)c2ncc(C(=O)Nc3ccc(C)cc3)c(Cl)c12. The fourth-order valence-electron chi connectivity index (χ4n) is 3.10. The zero-order chi connectivity index (χ0) is 19.7. The van der Waals surface area contributed by atoms with Gasteiger partial charge in [0.05, 0.1) is 27.4 Å². The number of carbonyl (C=O) groups excluding carboxylic acids is 1. The van der Waals surface area contributed by atoms with E-state index in [0.29, 0.717) is 33.7 Å². The highest BCUT2D eigenvalue weighted by molar-refractivity contribution is 6.39. The summed E-state index contributed by atoms with van der Waals surface area (Å²) in [7, 11) is 0. The first-order chi connectivity index (χ1) is 13.6. The van der Waals surface area contributed by atoms with Crippen LogP contribution in [0.5, 0.6) is 0 Å². The van der Waals surface area contributed by atoms with Gasteiger partial charge in [-0.25, -0.2) is 9.67 Å². The minimum atomic E-state index is -0.294. The molecule has 140 valence electrons. The average Bonchev–Trinajstić information content (AvgIpc) is 3.10. The van der Waals surface area contributed by atoms with Crippen molar-refractivity contribution in [2.45, 2.75) is 20.3 Å². The van der Waals surface area contributed by atoms with Crippen LogP contribution >= 0.6 is 11.6 Å². The van der Waals surface area contributed by atoms with Gasteiger partial charge in [0.2, 0.25) is 0 Å². The van der Waals surface area contributed by atoms with Crippen molar-refractivity contribution < 1.29 is 4.79 Å². The number of carbonyl (C=O) groups is 1. The molecule has 0 radical (unpaired) electrons. The van der Waals surface area contributed by atoms with Gasteiger partial charge in [-0.15, -0.1) is 0 Å². The van der Waals surface area contributed by atoms with Gasteiger partial charge in [0, 0.05) is 11.9 Å². The van der Waals surface area contributed by atoms with Gasteiger partial charge in [-0.2, -0.15) is 5.10 Å². The van der Waals surface area contributed by atoms with Crippen LogP contribution in [0.1, 0.15) is 28.5 Å². The molecule has 0 atom stereocenters. The smallest absolute Gasteiger partial charge is 0.258 e. The molecule has 0 aliphatic carbocycles. The summed E-state index contributed by atoms with van der Waals surface area (Å²) in [5, 5.41) is 8.63. The highest BCUT2D eigenvalue weighted by atomic mass is 35.5. The molecule has 28 heavy (non-hydrogen) atoms. The quantitative estimate of drug-likeness (QED) is 0.521. The Morgan fingerprint density at radius 1 is 1.11 bits per heavy atom. The maximum atomic E-state index is 12.8. The number of hydrogen-bond donors (Lipinski definition) is 1. The predicted octanol–water partition coefficient (Wildman–Crippen LogP) is 5.20. The van der Waals surface area contributed by atoms with E-state index in [2.05, 4.69) is 15.4 Å². The number of fused-ring (bicyclic) bond motifs is 1. The number of para-hydroxylation sites is 1. The maximum Gasteiger partial charge on any atom is 0.258 e. The van der Waals surface area contributed by atoms with Gasteiger partial charge in [0.15, 0.2) is 5.65 Å². The molecule has 0 aliphatic heterocycles. The molecule has 1 N–H and O–H groups in total. The predicted molar refractivity (Wildman–Crippen MR) is 112 cm³/mol. The summed E-state index contributed by atoms with van der Waals surface area (Å²) in [5.41, 5.74) is 4.51. The maximum absolute atomic E-state index is 12.8. The van der Waals surface area contributed by atoms with Crippen LogP contribution in [-0.4, -0.2) is 20.7 Å². The molecule has 2 heterocycles. The van der Waals surface area contributed by atoms with Crippen molar-refractivity contribution in [1.29, 1.82) is 0 Å². The molecule has 0 aliphatic rings. The number of halogens is 1. The van der Waals surface area contributed by atoms with Crippen molar-refractivity contribution in [3.05, 3.63) is 82.6 Å². The first kappa shape index (κ1) is 18.2. The normalized spacial score (nSPS) is 11.0. The Balaban J connectivity index is 1.78. The molecule has 0 fully saturated rings. The molecular weight excluding hydrogens is 372 g/mol. The molecule has 5 nitrogen and oxygen atoms in total. The monoisotopic (exact) mass is 390 g/mol. The van der Waals surface area contributed by atoms with Crippen LogP contribution in [0.2, 0.25) is 5.02 Å². The van der Waals surface area contributed by atoms with Crippen molar-refractivity contribution in [2.24, 2.45) is 0 Å². The van der Waals surface area contributed by atoms with Crippen LogP contribution in [0.25, 0.3) is 16.7 Å². The molecule has 0 saturated carbocycles. The van der Waals surface area contributed by atoms with E-state index in [0.717, 1.165) is 16.9 Å². The van der Waals surface area contributed by atoms with Crippen molar-refractivity contribution in [3.8, 4) is 5.69 Å². The lowest BCUT2D eigenvalue weighted by molar-refractivity contribution is 0.102. The Hall–Kier alpha value is -3.18. The van der Waals surface area contributed by atoms with E-state index in [4.69, 9.17) is 11.6 Å². The Morgan fingerprint density at radius 2 is 1.82 bits per heavy atom. The second kappa shape index (κ2) is 7.44. The summed E-state index contributed by atoms with van der Waals surface area (Å²) in [6.07, 6.45) is 2.19. The fraction of sp³-hybridized carbons (Fsp3) is 0.136. The third kappa shape index (κ3) is 3.25. The van der Waals surface area contributed by atoms with Gasteiger partial charge < -0.3 is 5.32 Å². The zero-order valence-corrected chi connectivity index (χ0v) is 16.4.